The maximum absolute atomic E-state index is 6.05. The highest BCUT2D eigenvalue weighted by atomic mass is 16.6. The molecule has 2 atom stereocenters. The summed E-state index contributed by atoms with van der Waals surface area (Å²) in [6.45, 7) is 0. The summed E-state index contributed by atoms with van der Waals surface area (Å²) in [4.78, 5) is 0. The number of hydrogen-bond acceptors (Lipinski definition) is 1. The molecule has 0 bridgehead atoms. The van der Waals surface area contributed by atoms with E-state index in [1.165, 1.54) is 32.7 Å². The van der Waals surface area contributed by atoms with Gasteiger partial charge in [-0.15, -0.1) is 0 Å². The first-order chi connectivity index (χ1) is 11.4. The van der Waals surface area contributed by atoms with Gasteiger partial charge in [-0.3, -0.25) is 0 Å². The van der Waals surface area contributed by atoms with Gasteiger partial charge in [0.25, 0.3) is 0 Å². The van der Waals surface area contributed by atoms with Gasteiger partial charge in [0.2, 0.25) is 0 Å². The Morgan fingerprint density at radius 3 is 2.22 bits per heavy atom. The van der Waals surface area contributed by atoms with Gasteiger partial charge in [-0.2, -0.15) is 0 Å². The predicted molar refractivity (Wildman–Crippen MR) is 94.5 cm³/mol. The Bertz CT molecular complexity index is 1010. The smallest absolute Gasteiger partial charge is 0.114 e. The summed E-state index contributed by atoms with van der Waals surface area (Å²) in [6, 6.07) is 30.1. The van der Waals surface area contributed by atoms with Crippen LogP contribution in [0.15, 0.2) is 84.9 Å². The minimum Gasteiger partial charge on any atom is -0.359 e. The van der Waals surface area contributed by atoms with Crippen LogP contribution in [0.2, 0.25) is 0 Å². The van der Waals surface area contributed by atoms with Crippen molar-refractivity contribution in [2.24, 2.45) is 0 Å². The molecule has 1 heteroatoms. The molecule has 23 heavy (non-hydrogen) atoms. The van der Waals surface area contributed by atoms with Gasteiger partial charge in [0, 0.05) is 0 Å². The second-order valence-electron chi connectivity index (χ2n) is 6.15. The Kier molecular flexibility index (Phi) is 2.76. The lowest BCUT2D eigenvalue weighted by Gasteiger charge is -2.04. The van der Waals surface area contributed by atoms with Crippen molar-refractivity contribution in [2.45, 2.75) is 12.2 Å². The monoisotopic (exact) mass is 296 g/mol. The Hall–Kier alpha value is -2.64. The molecule has 1 nitrogen and oxygen atoms in total. The molecule has 0 radical (unpaired) electrons. The largest absolute Gasteiger partial charge is 0.359 e. The zero-order valence-corrected chi connectivity index (χ0v) is 12.6. The first-order valence-electron chi connectivity index (χ1n) is 8.02. The Morgan fingerprint density at radius 1 is 0.565 bits per heavy atom. The first kappa shape index (κ1) is 12.9. The highest BCUT2D eigenvalue weighted by Crippen LogP contribution is 2.52. The maximum Gasteiger partial charge on any atom is 0.114 e. The number of hydrogen-bond donors (Lipinski definition) is 0. The van der Waals surface area contributed by atoms with Crippen LogP contribution in [0.4, 0.5) is 0 Å². The van der Waals surface area contributed by atoms with Crippen molar-refractivity contribution < 1.29 is 4.74 Å². The van der Waals surface area contributed by atoms with Crippen molar-refractivity contribution in [3.05, 3.63) is 96.1 Å². The van der Waals surface area contributed by atoms with E-state index in [1.54, 1.807) is 0 Å². The normalized spacial score (nSPS) is 20.0. The maximum atomic E-state index is 6.05. The third-order valence-electron chi connectivity index (χ3n) is 4.72. The fourth-order valence-electron chi connectivity index (χ4n) is 3.49. The van der Waals surface area contributed by atoms with Crippen LogP contribution >= 0.6 is 0 Å². The number of epoxide rings is 1. The quantitative estimate of drug-likeness (QED) is 0.425. The summed E-state index contributed by atoms with van der Waals surface area (Å²) in [5, 5.41) is 5.12. The van der Waals surface area contributed by atoms with Gasteiger partial charge in [0.1, 0.15) is 12.2 Å². The molecule has 4 aromatic carbocycles. The SMILES string of the molecule is c1ccc2cc([C@H]3O[C@H]3c3cccc4ccccc34)ccc2c1. The zero-order valence-electron chi connectivity index (χ0n) is 12.6. The highest BCUT2D eigenvalue weighted by molar-refractivity contribution is 5.86. The Labute approximate surface area is 135 Å². The van der Waals surface area contributed by atoms with Gasteiger partial charge >= 0.3 is 0 Å². The van der Waals surface area contributed by atoms with Crippen LogP contribution in [0.1, 0.15) is 23.3 Å². The predicted octanol–water partition coefficient (Wildman–Crippen LogP) is 5.81. The van der Waals surface area contributed by atoms with Gasteiger partial charge in [-0.1, -0.05) is 78.9 Å². The molecule has 5 rings (SSSR count). The van der Waals surface area contributed by atoms with Gasteiger partial charge in [-0.05, 0) is 38.7 Å². The van der Waals surface area contributed by atoms with E-state index in [1.807, 2.05) is 0 Å². The summed E-state index contributed by atoms with van der Waals surface area (Å²) >= 11 is 0. The molecule has 1 heterocycles. The van der Waals surface area contributed by atoms with Crippen molar-refractivity contribution >= 4 is 21.5 Å². The van der Waals surface area contributed by atoms with Crippen LogP contribution < -0.4 is 0 Å². The second kappa shape index (κ2) is 4.94. The van der Waals surface area contributed by atoms with Crippen molar-refractivity contribution in [3.63, 3.8) is 0 Å². The fraction of sp³-hybridized carbons (Fsp3) is 0.0909. The average molecular weight is 296 g/mol. The molecule has 1 fully saturated rings. The van der Waals surface area contributed by atoms with E-state index in [0.29, 0.717) is 0 Å². The number of rotatable bonds is 2. The van der Waals surface area contributed by atoms with Crippen LogP contribution in [-0.2, 0) is 4.74 Å². The van der Waals surface area contributed by atoms with Crippen LogP contribution in [0.3, 0.4) is 0 Å². The molecule has 4 aromatic rings. The molecular formula is C22H16O. The van der Waals surface area contributed by atoms with Crippen molar-refractivity contribution in [3.8, 4) is 0 Å². The van der Waals surface area contributed by atoms with Crippen molar-refractivity contribution in [1.29, 1.82) is 0 Å². The van der Waals surface area contributed by atoms with Gasteiger partial charge in [0.05, 0.1) is 0 Å². The Morgan fingerprint density at radius 2 is 1.30 bits per heavy atom. The number of ether oxygens (including phenoxy) is 1. The molecule has 0 N–H and O–H groups in total. The third kappa shape index (κ3) is 2.13. The average Bonchev–Trinajstić information content (AvgIpc) is 3.41. The molecular weight excluding hydrogens is 280 g/mol. The molecule has 1 aliphatic rings. The van der Waals surface area contributed by atoms with Crippen molar-refractivity contribution in [1.82, 2.24) is 0 Å². The van der Waals surface area contributed by atoms with Gasteiger partial charge in [0.15, 0.2) is 0 Å². The van der Waals surface area contributed by atoms with Gasteiger partial charge in [-0.25, -0.2) is 0 Å². The number of benzene rings is 4. The van der Waals surface area contributed by atoms with E-state index in [9.17, 15) is 0 Å². The third-order valence-corrected chi connectivity index (χ3v) is 4.72. The second-order valence-corrected chi connectivity index (χ2v) is 6.15. The van der Waals surface area contributed by atoms with Gasteiger partial charge < -0.3 is 4.74 Å². The lowest BCUT2D eigenvalue weighted by atomic mass is 9.97. The topological polar surface area (TPSA) is 12.5 Å². The van der Waals surface area contributed by atoms with E-state index in [4.69, 9.17) is 4.74 Å². The standard InChI is InChI=1S/C22H16O/c1-2-8-17-14-18(13-12-15(17)6-1)21-22(23-21)20-11-5-9-16-7-3-4-10-19(16)20/h1-14,21-22H/t21-,22+/m1/s1. The first-order valence-corrected chi connectivity index (χ1v) is 8.02. The summed E-state index contributed by atoms with van der Waals surface area (Å²) in [5.74, 6) is 0. The molecule has 0 aromatic heterocycles. The molecule has 1 aliphatic heterocycles. The lowest BCUT2D eigenvalue weighted by Crippen LogP contribution is -1.87. The number of fused-ring (bicyclic) bond motifs is 2. The minimum atomic E-state index is 0.169. The van der Waals surface area contributed by atoms with Crippen LogP contribution in [0.5, 0.6) is 0 Å². The molecule has 0 spiro atoms. The van der Waals surface area contributed by atoms with E-state index in [2.05, 4.69) is 84.9 Å². The van der Waals surface area contributed by atoms with E-state index in [0.717, 1.165) is 0 Å². The molecule has 0 unspecified atom stereocenters. The van der Waals surface area contributed by atoms with Crippen molar-refractivity contribution in [2.75, 3.05) is 0 Å². The summed E-state index contributed by atoms with van der Waals surface area (Å²) in [6.07, 6.45) is 0.340. The molecule has 1 saturated heterocycles. The highest BCUT2D eigenvalue weighted by Gasteiger charge is 2.42. The molecule has 0 amide bonds. The van der Waals surface area contributed by atoms with E-state index in [-0.39, 0.29) is 12.2 Å². The van der Waals surface area contributed by atoms with Crippen LogP contribution in [0, 0.1) is 0 Å². The Balaban J connectivity index is 1.54. The van der Waals surface area contributed by atoms with E-state index >= 15 is 0 Å². The summed E-state index contributed by atoms with van der Waals surface area (Å²) < 4.78 is 6.05. The zero-order chi connectivity index (χ0) is 15.2. The van der Waals surface area contributed by atoms with Crippen LogP contribution in [0.25, 0.3) is 21.5 Å². The van der Waals surface area contributed by atoms with E-state index < -0.39 is 0 Å². The molecule has 0 saturated carbocycles. The minimum absolute atomic E-state index is 0.169. The molecule has 0 aliphatic carbocycles. The fourth-order valence-corrected chi connectivity index (χ4v) is 3.49. The summed E-state index contributed by atoms with van der Waals surface area (Å²) in [7, 11) is 0. The lowest BCUT2D eigenvalue weighted by molar-refractivity contribution is 0.378. The summed E-state index contributed by atoms with van der Waals surface area (Å²) in [5.41, 5.74) is 2.56. The molecule has 110 valence electrons. The van der Waals surface area contributed by atoms with Crippen LogP contribution in [-0.4, -0.2) is 0 Å².